The smallest absolute Gasteiger partial charge is 0.438 e. The van der Waals surface area contributed by atoms with E-state index < -0.39 is 47.7 Å². The van der Waals surface area contributed by atoms with Gasteiger partial charge in [-0.3, -0.25) is 4.79 Å². The maximum atomic E-state index is 13.1. The van der Waals surface area contributed by atoms with Crippen LogP contribution in [0, 0.1) is 20.8 Å². The lowest BCUT2D eigenvalue weighted by molar-refractivity contribution is -0.302. The van der Waals surface area contributed by atoms with Crippen molar-refractivity contribution in [2.24, 2.45) is 5.10 Å². The Hall–Kier alpha value is -2.30. The maximum absolute atomic E-state index is 13.1. The molecular formula is C16H16F6N2O3. The first kappa shape index (κ1) is 21.0. The van der Waals surface area contributed by atoms with Crippen LogP contribution in [-0.2, 0) is 4.79 Å². The van der Waals surface area contributed by atoms with Crippen LogP contribution in [-0.4, -0.2) is 46.4 Å². The molecule has 1 aromatic rings. The van der Waals surface area contributed by atoms with Gasteiger partial charge in [-0.15, -0.1) is 0 Å². The van der Waals surface area contributed by atoms with Gasteiger partial charge in [-0.1, -0.05) is 17.7 Å². The molecule has 11 heteroatoms. The lowest BCUT2D eigenvalue weighted by Crippen LogP contribution is -2.57. The number of alkyl halides is 6. The number of aliphatic hydroxyl groups is 1. The minimum atomic E-state index is -5.55. The molecule has 0 aliphatic carbocycles. The van der Waals surface area contributed by atoms with Crippen molar-refractivity contribution in [2.45, 2.75) is 45.3 Å². The summed E-state index contributed by atoms with van der Waals surface area (Å²) in [5.74, 6) is -1.35. The number of benzene rings is 1. The molecule has 0 fully saturated rings. The van der Waals surface area contributed by atoms with Crippen molar-refractivity contribution in [3.05, 3.63) is 28.8 Å². The number of hydrogen-bond donors (Lipinski definition) is 1. The summed E-state index contributed by atoms with van der Waals surface area (Å²) in [4.78, 5) is 12.1. The monoisotopic (exact) mass is 398 g/mol. The molecule has 0 saturated carbocycles. The fraction of sp³-hybridized carbons (Fsp3) is 0.500. The van der Waals surface area contributed by atoms with Crippen LogP contribution in [0.3, 0.4) is 0 Å². The minimum Gasteiger partial charge on any atom is -0.483 e. The van der Waals surface area contributed by atoms with Crippen molar-refractivity contribution in [1.29, 1.82) is 0 Å². The molecule has 0 aromatic heterocycles. The lowest BCUT2D eigenvalue weighted by Gasteiger charge is -2.32. The Morgan fingerprint density at radius 3 is 2.15 bits per heavy atom. The molecule has 0 saturated heterocycles. The Labute approximate surface area is 150 Å². The van der Waals surface area contributed by atoms with Crippen molar-refractivity contribution in [3.8, 4) is 5.75 Å². The lowest BCUT2D eigenvalue weighted by atomic mass is 10.1. The number of ether oxygens (including phenoxy) is 1. The largest absolute Gasteiger partial charge is 0.483 e. The molecule has 150 valence electrons. The standard InChI is InChI=1S/C16H16F6N2O3/c1-8-4-9(2)13(10(3)5-8)27-7-12(25)24-14(26,16(20,21)22)6-11(23-24)15(17,18)19/h4-5,26H,6-7H2,1-3H3/t14-/m0/s1. The first-order valence-corrected chi connectivity index (χ1v) is 7.64. The summed E-state index contributed by atoms with van der Waals surface area (Å²) in [5.41, 5.74) is -3.93. The second kappa shape index (κ2) is 6.70. The van der Waals surface area contributed by atoms with E-state index in [2.05, 4.69) is 5.10 Å². The first-order valence-electron chi connectivity index (χ1n) is 7.64. The van der Waals surface area contributed by atoms with Crippen LogP contribution < -0.4 is 4.74 Å². The van der Waals surface area contributed by atoms with Crippen LogP contribution in [0.4, 0.5) is 26.3 Å². The average molecular weight is 398 g/mol. The number of carbonyl (C=O) groups excluding carboxylic acids is 1. The van der Waals surface area contributed by atoms with Gasteiger partial charge in [0.05, 0.1) is 6.42 Å². The van der Waals surface area contributed by atoms with Crippen molar-refractivity contribution in [3.63, 3.8) is 0 Å². The number of rotatable bonds is 3. The molecule has 0 spiro atoms. The summed E-state index contributed by atoms with van der Waals surface area (Å²) < 4.78 is 82.8. The molecule has 1 amide bonds. The van der Waals surface area contributed by atoms with Gasteiger partial charge in [0.25, 0.3) is 11.6 Å². The van der Waals surface area contributed by atoms with Crippen molar-refractivity contribution < 1.29 is 41.0 Å². The van der Waals surface area contributed by atoms with Gasteiger partial charge < -0.3 is 9.84 Å². The molecule has 0 bridgehead atoms. The van der Waals surface area contributed by atoms with Crippen LogP contribution in [0.2, 0.25) is 0 Å². The molecule has 1 N–H and O–H groups in total. The highest BCUT2D eigenvalue weighted by atomic mass is 19.4. The molecule has 0 radical (unpaired) electrons. The third-order valence-electron chi connectivity index (χ3n) is 3.95. The summed E-state index contributed by atoms with van der Waals surface area (Å²) in [6, 6.07) is 3.41. The second-order valence-electron chi connectivity index (χ2n) is 6.26. The Balaban J connectivity index is 2.28. The van der Waals surface area contributed by atoms with Gasteiger partial charge in [-0.2, -0.15) is 36.5 Å². The van der Waals surface area contributed by atoms with Crippen LogP contribution in [0.5, 0.6) is 5.75 Å². The quantitative estimate of drug-likeness (QED) is 0.794. The number of carbonyl (C=O) groups is 1. The van der Waals surface area contributed by atoms with Gasteiger partial charge >= 0.3 is 12.4 Å². The number of nitrogens with zero attached hydrogens (tertiary/aromatic N) is 2. The highest BCUT2D eigenvalue weighted by Gasteiger charge is 2.66. The minimum absolute atomic E-state index is 0.212. The fourth-order valence-corrected chi connectivity index (χ4v) is 2.78. The number of hydrogen-bond acceptors (Lipinski definition) is 4. The van der Waals surface area contributed by atoms with E-state index in [1.54, 1.807) is 32.9 Å². The molecule has 5 nitrogen and oxygen atoms in total. The number of halogens is 6. The summed E-state index contributed by atoms with van der Waals surface area (Å²) in [5, 5.41) is 11.8. The summed E-state index contributed by atoms with van der Waals surface area (Å²) in [6.07, 6.45) is -12.7. The first-order chi connectivity index (χ1) is 12.2. The second-order valence-corrected chi connectivity index (χ2v) is 6.26. The van der Waals surface area contributed by atoms with E-state index in [4.69, 9.17) is 4.74 Å². The summed E-state index contributed by atoms with van der Waals surface area (Å²) in [6.45, 7) is 4.05. The van der Waals surface area contributed by atoms with Crippen LogP contribution in [0.1, 0.15) is 23.1 Å². The SMILES string of the molecule is Cc1cc(C)c(OCC(=O)N2N=C(C(F)(F)F)C[C@]2(O)C(F)(F)F)c(C)c1. The molecule has 2 rings (SSSR count). The van der Waals surface area contributed by atoms with Crippen LogP contribution >= 0.6 is 0 Å². The van der Waals surface area contributed by atoms with Crippen molar-refractivity contribution >= 4 is 11.6 Å². The van der Waals surface area contributed by atoms with Gasteiger partial charge in [-0.05, 0) is 31.9 Å². The molecule has 1 aromatic carbocycles. The van der Waals surface area contributed by atoms with Gasteiger partial charge in [0.15, 0.2) is 6.61 Å². The van der Waals surface area contributed by atoms with Gasteiger partial charge in [0, 0.05) is 0 Å². The van der Waals surface area contributed by atoms with E-state index in [9.17, 15) is 36.2 Å². The molecule has 27 heavy (non-hydrogen) atoms. The summed E-state index contributed by atoms with van der Waals surface area (Å²) >= 11 is 0. The van der Waals surface area contributed by atoms with E-state index in [0.29, 0.717) is 11.1 Å². The van der Waals surface area contributed by atoms with Gasteiger partial charge in [0.1, 0.15) is 11.5 Å². The molecular weight excluding hydrogens is 382 g/mol. The highest BCUT2D eigenvalue weighted by molar-refractivity contribution is 5.94. The fourth-order valence-electron chi connectivity index (χ4n) is 2.78. The molecule has 1 heterocycles. The van der Waals surface area contributed by atoms with E-state index in [1.807, 2.05) is 0 Å². The maximum Gasteiger partial charge on any atom is 0.438 e. The van der Waals surface area contributed by atoms with Gasteiger partial charge in [0.2, 0.25) is 0 Å². The zero-order valence-electron chi connectivity index (χ0n) is 14.5. The number of amides is 1. The average Bonchev–Trinajstić information content (AvgIpc) is 2.85. The Morgan fingerprint density at radius 1 is 1.19 bits per heavy atom. The molecule has 0 unspecified atom stereocenters. The van der Waals surface area contributed by atoms with E-state index in [1.165, 1.54) is 0 Å². The zero-order chi connectivity index (χ0) is 20.8. The molecule has 1 aliphatic rings. The third-order valence-corrected chi connectivity index (χ3v) is 3.95. The summed E-state index contributed by atoms with van der Waals surface area (Å²) in [7, 11) is 0. The Bertz CT molecular complexity index is 764. The molecule has 1 aliphatic heterocycles. The van der Waals surface area contributed by atoms with E-state index in [0.717, 1.165) is 5.56 Å². The zero-order valence-corrected chi connectivity index (χ0v) is 14.5. The number of aryl methyl sites for hydroxylation is 3. The molecule has 1 atom stereocenters. The highest BCUT2D eigenvalue weighted by Crippen LogP contribution is 2.43. The van der Waals surface area contributed by atoms with Gasteiger partial charge in [-0.25, -0.2) is 0 Å². The van der Waals surface area contributed by atoms with Crippen LogP contribution in [0.15, 0.2) is 17.2 Å². The Morgan fingerprint density at radius 2 is 1.70 bits per heavy atom. The van der Waals surface area contributed by atoms with Crippen molar-refractivity contribution in [2.75, 3.05) is 6.61 Å². The number of hydrazone groups is 1. The predicted molar refractivity (Wildman–Crippen MR) is 82.1 cm³/mol. The van der Waals surface area contributed by atoms with Crippen LogP contribution in [0.25, 0.3) is 0 Å². The Kier molecular flexibility index (Phi) is 5.21. The van der Waals surface area contributed by atoms with Crippen molar-refractivity contribution in [1.82, 2.24) is 5.01 Å². The third kappa shape index (κ3) is 4.02. The predicted octanol–water partition coefficient (Wildman–Crippen LogP) is 3.39. The topological polar surface area (TPSA) is 62.1 Å². The normalized spacial score (nSPS) is 20.7. The van der Waals surface area contributed by atoms with E-state index >= 15 is 0 Å². The van der Waals surface area contributed by atoms with E-state index in [-0.39, 0.29) is 5.75 Å².